The number of hydrogen-bond acceptors (Lipinski definition) is 2. The van der Waals surface area contributed by atoms with Crippen LogP contribution in [0.3, 0.4) is 0 Å². The Morgan fingerprint density at radius 3 is 2.87 bits per heavy atom. The van der Waals surface area contributed by atoms with Crippen LogP contribution < -0.4 is 0 Å². The van der Waals surface area contributed by atoms with Crippen molar-refractivity contribution in [1.82, 2.24) is 15.0 Å². The highest BCUT2D eigenvalue weighted by molar-refractivity contribution is 9.10. The molecule has 3 rings (SSSR count). The summed E-state index contributed by atoms with van der Waals surface area (Å²) in [6, 6.07) is 3.78. The summed E-state index contributed by atoms with van der Waals surface area (Å²) in [5, 5.41) is 1.47. The summed E-state index contributed by atoms with van der Waals surface area (Å²) in [7, 11) is 0. The molecule has 3 nitrogen and oxygen atoms in total. The Labute approximate surface area is 98.6 Å². The zero-order valence-corrected chi connectivity index (χ0v) is 9.80. The van der Waals surface area contributed by atoms with Crippen molar-refractivity contribution in [3.8, 4) is 0 Å². The summed E-state index contributed by atoms with van der Waals surface area (Å²) in [5.41, 5.74) is 2.84. The van der Waals surface area contributed by atoms with Crippen LogP contribution in [-0.4, -0.2) is 15.0 Å². The molecule has 3 heterocycles. The molecule has 74 valence electrons. The summed E-state index contributed by atoms with van der Waals surface area (Å²) >= 11 is 9.20. The number of nitrogens with one attached hydrogen (secondary N) is 1. The van der Waals surface area contributed by atoms with Crippen LogP contribution >= 0.6 is 27.5 Å². The Bertz CT molecular complexity index is 606. The predicted molar refractivity (Wildman–Crippen MR) is 64.1 cm³/mol. The summed E-state index contributed by atoms with van der Waals surface area (Å²) in [6.45, 7) is 0. The van der Waals surface area contributed by atoms with Crippen LogP contribution in [0.2, 0.25) is 5.15 Å². The van der Waals surface area contributed by atoms with Gasteiger partial charge in [0.1, 0.15) is 5.15 Å². The first kappa shape index (κ1) is 9.12. The number of aromatic amines is 1. The van der Waals surface area contributed by atoms with Gasteiger partial charge in [-0.15, -0.1) is 0 Å². The van der Waals surface area contributed by atoms with Crippen molar-refractivity contribution in [3.63, 3.8) is 0 Å². The fraction of sp³-hybridized carbons (Fsp3) is 0. The van der Waals surface area contributed by atoms with E-state index in [0.29, 0.717) is 5.15 Å². The van der Waals surface area contributed by atoms with Gasteiger partial charge in [-0.05, 0) is 28.1 Å². The topological polar surface area (TPSA) is 41.6 Å². The molecule has 15 heavy (non-hydrogen) atoms. The van der Waals surface area contributed by atoms with Crippen molar-refractivity contribution in [3.05, 3.63) is 34.2 Å². The van der Waals surface area contributed by atoms with Gasteiger partial charge in [0.2, 0.25) is 0 Å². The van der Waals surface area contributed by atoms with E-state index in [-0.39, 0.29) is 0 Å². The Hall–Kier alpha value is -1.13. The van der Waals surface area contributed by atoms with Crippen molar-refractivity contribution in [2.24, 2.45) is 0 Å². The van der Waals surface area contributed by atoms with E-state index in [1.165, 1.54) is 0 Å². The summed E-state index contributed by atoms with van der Waals surface area (Å²) < 4.78 is 0.945. The number of halogens is 2. The van der Waals surface area contributed by atoms with Crippen molar-refractivity contribution in [1.29, 1.82) is 0 Å². The van der Waals surface area contributed by atoms with Gasteiger partial charge < -0.3 is 4.98 Å². The van der Waals surface area contributed by atoms with E-state index in [2.05, 4.69) is 30.9 Å². The minimum atomic E-state index is 0.480. The lowest BCUT2D eigenvalue weighted by molar-refractivity contribution is 1.36. The number of hydrogen-bond donors (Lipinski definition) is 1. The van der Waals surface area contributed by atoms with Gasteiger partial charge in [0.25, 0.3) is 0 Å². The SMILES string of the molecule is Clc1cc2[nH]c3cc(Br)cnc3c2cn1. The third-order valence-electron chi connectivity index (χ3n) is 2.25. The van der Waals surface area contributed by atoms with Crippen molar-refractivity contribution in [2.75, 3.05) is 0 Å². The first-order chi connectivity index (χ1) is 7.24. The second-order valence-corrected chi connectivity index (χ2v) is 4.53. The minimum Gasteiger partial charge on any atom is -0.353 e. The number of nitrogens with zero attached hydrogens (tertiary/aromatic N) is 2. The molecule has 0 saturated heterocycles. The standard InChI is InChI=1S/C10H5BrClN3/c11-5-1-8-10(14-3-5)6-4-13-9(12)2-7(6)15-8/h1-4,15H. The number of rotatable bonds is 0. The molecule has 1 N–H and O–H groups in total. The maximum atomic E-state index is 5.82. The molecule has 0 radical (unpaired) electrons. The molecule has 0 spiro atoms. The van der Waals surface area contributed by atoms with Crippen LogP contribution in [0.5, 0.6) is 0 Å². The molecule has 0 aliphatic heterocycles. The third kappa shape index (κ3) is 1.41. The first-order valence-electron chi connectivity index (χ1n) is 4.32. The second-order valence-electron chi connectivity index (χ2n) is 3.23. The summed E-state index contributed by atoms with van der Waals surface area (Å²) in [4.78, 5) is 11.6. The lowest BCUT2D eigenvalue weighted by atomic mass is 10.3. The second kappa shape index (κ2) is 3.18. The molecular weight excluding hydrogens is 277 g/mol. The van der Waals surface area contributed by atoms with E-state index in [1.807, 2.05) is 6.07 Å². The quantitative estimate of drug-likeness (QED) is 0.641. The highest BCUT2D eigenvalue weighted by Crippen LogP contribution is 2.26. The van der Waals surface area contributed by atoms with Crippen molar-refractivity contribution < 1.29 is 0 Å². The molecule has 0 atom stereocenters. The van der Waals surface area contributed by atoms with E-state index in [4.69, 9.17) is 11.6 Å². The van der Waals surface area contributed by atoms with E-state index < -0.39 is 0 Å². The molecule has 0 bridgehead atoms. The Kier molecular flexibility index (Phi) is 1.94. The maximum Gasteiger partial charge on any atom is 0.131 e. The lowest BCUT2D eigenvalue weighted by Crippen LogP contribution is -1.75. The van der Waals surface area contributed by atoms with Crippen LogP contribution in [0, 0.1) is 0 Å². The molecule has 0 unspecified atom stereocenters. The normalized spacial score (nSPS) is 11.3. The number of pyridine rings is 2. The minimum absolute atomic E-state index is 0.480. The smallest absolute Gasteiger partial charge is 0.131 e. The van der Waals surface area contributed by atoms with Crippen molar-refractivity contribution in [2.45, 2.75) is 0 Å². The maximum absolute atomic E-state index is 5.82. The highest BCUT2D eigenvalue weighted by atomic mass is 79.9. The van der Waals surface area contributed by atoms with Crippen LogP contribution in [0.15, 0.2) is 29.0 Å². The highest BCUT2D eigenvalue weighted by Gasteiger charge is 2.06. The molecule has 0 aliphatic carbocycles. The van der Waals surface area contributed by atoms with Crippen LogP contribution in [0.25, 0.3) is 21.9 Å². The van der Waals surface area contributed by atoms with E-state index in [0.717, 1.165) is 26.4 Å². The summed E-state index contributed by atoms with van der Waals surface area (Å²) in [5.74, 6) is 0. The van der Waals surface area contributed by atoms with Crippen LogP contribution in [0.4, 0.5) is 0 Å². The predicted octanol–water partition coefficient (Wildman–Crippen LogP) is 3.53. The van der Waals surface area contributed by atoms with E-state index in [1.54, 1.807) is 18.5 Å². The molecule has 0 amide bonds. The molecule has 0 aliphatic rings. The van der Waals surface area contributed by atoms with E-state index >= 15 is 0 Å². The Balaban J connectivity index is 2.51. The molecule has 0 fully saturated rings. The van der Waals surface area contributed by atoms with Gasteiger partial charge in [-0.3, -0.25) is 4.98 Å². The molecule has 3 aromatic rings. The molecule has 3 aromatic heterocycles. The van der Waals surface area contributed by atoms with Gasteiger partial charge in [-0.2, -0.15) is 0 Å². The molecule has 0 saturated carbocycles. The summed E-state index contributed by atoms with van der Waals surface area (Å²) in [6.07, 6.45) is 3.50. The van der Waals surface area contributed by atoms with Gasteiger partial charge in [0.05, 0.1) is 16.6 Å². The molecule has 0 aromatic carbocycles. The monoisotopic (exact) mass is 281 g/mol. The number of aromatic nitrogens is 3. The van der Waals surface area contributed by atoms with Gasteiger partial charge in [-0.25, -0.2) is 4.98 Å². The van der Waals surface area contributed by atoms with Crippen LogP contribution in [-0.2, 0) is 0 Å². The van der Waals surface area contributed by atoms with Crippen molar-refractivity contribution >= 4 is 49.5 Å². The van der Waals surface area contributed by atoms with Gasteiger partial charge in [-0.1, -0.05) is 11.6 Å². The fourth-order valence-corrected chi connectivity index (χ4v) is 2.11. The third-order valence-corrected chi connectivity index (χ3v) is 2.89. The van der Waals surface area contributed by atoms with E-state index in [9.17, 15) is 0 Å². The first-order valence-corrected chi connectivity index (χ1v) is 5.49. The Morgan fingerprint density at radius 2 is 2.00 bits per heavy atom. The fourth-order valence-electron chi connectivity index (χ4n) is 1.62. The lowest BCUT2D eigenvalue weighted by Gasteiger charge is -1.90. The number of H-pyrrole nitrogens is 1. The average molecular weight is 283 g/mol. The van der Waals surface area contributed by atoms with Gasteiger partial charge in [0, 0.05) is 22.3 Å². The largest absolute Gasteiger partial charge is 0.353 e. The molecule has 5 heteroatoms. The van der Waals surface area contributed by atoms with Gasteiger partial charge in [0.15, 0.2) is 0 Å². The van der Waals surface area contributed by atoms with Gasteiger partial charge >= 0.3 is 0 Å². The zero-order chi connectivity index (χ0) is 10.4. The number of fused-ring (bicyclic) bond motifs is 3. The Morgan fingerprint density at radius 1 is 1.13 bits per heavy atom. The van der Waals surface area contributed by atoms with Crippen LogP contribution in [0.1, 0.15) is 0 Å². The average Bonchev–Trinajstić information content (AvgIpc) is 2.53. The zero-order valence-electron chi connectivity index (χ0n) is 7.46. The molecular formula is C10H5BrClN3.